The van der Waals surface area contributed by atoms with E-state index in [1.165, 1.54) is 32.2 Å². The first-order chi connectivity index (χ1) is 10.8. The highest BCUT2D eigenvalue weighted by Crippen LogP contribution is 2.28. The van der Waals surface area contributed by atoms with Gasteiger partial charge in [0, 0.05) is 19.6 Å². The molecule has 1 aromatic rings. The Morgan fingerprint density at radius 1 is 1.43 bits per heavy atom. The molecular formula is C15H22N2O5S. The lowest BCUT2D eigenvalue weighted by molar-refractivity contribution is -0.114. The predicted molar refractivity (Wildman–Crippen MR) is 86.1 cm³/mol. The Hall–Kier alpha value is -1.64. The van der Waals surface area contributed by atoms with Crippen LogP contribution in [0.1, 0.15) is 26.7 Å². The lowest BCUT2D eigenvalue weighted by Gasteiger charge is -2.20. The van der Waals surface area contributed by atoms with E-state index in [0.29, 0.717) is 18.0 Å². The molecule has 8 heteroatoms. The second-order valence-electron chi connectivity index (χ2n) is 5.50. The van der Waals surface area contributed by atoms with Crippen molar-refractivity contribution in [3.8, 4) is 5.75 Å². The van der Waals surface area contributed by atoms with Gasteiger partial charge in [-0.1, -0.05) is 0 Å². The van der Waals surface area contributed by atoms with Crippen molar-refractivity contribution < 1.29 is 22.7 Å². The van der Waals surface area contributed by atoms with Gasteiger partial charge in [0.05, 0.1) is 23.8 Å². The number of ether oxygens (including phenoxy) is 2. The molecule has 2 unspecified atom stereocenters. The molecule has 0 aliphatic carbocycles. The Morgan fingerprint density at radius 3 is 2.74 bits per heavy atom. The van der Waals surface area contributed by atoms with Gasteiger partial charge in [0.2, 0.25) is 15.9 Å². The van der Waals surface area contributed by atoms with Gasteiger partial charge >= 0.3 is 0 Å². The molecule has 0 radical (unpaired) electrons. The van der Waals surface area contributed by atoms with Gasteiger partial charge < -0.3 is 14.8 Å². The van der Waals surface area contributed by atoms with Gasteiger partial charge in [-0.2, -0.15) is 0 Å². The number of hydrogen-bond donors (Lipinski definition) is 2. The molecule has 7 nitrogen and oxygen atoms in total. The van der Waals surface area contributed by atoms with E-state index in [9.17, 15) is 13.2 Å². The fraction of sp³-hybridized carbons (Fsp3) is 0.533. The predicted octanol–water partition coefficient (Wildman–Crippen LogP) is 1.50. The fourth-order valence-electron chi connectivity index (χ4n) is 2.53. The monoisotopic (exact) mass is 342 g/mol. The molecule has 1 heterocycles. The first-order valence-electron chi connectivity index (χ1n) is 7.43. The van der Waals surface area contributed by atoms with Crippen molar-refractivity contribution in [2.75, 3.05) is 19.0 Å². The summed E-state index contributed by atoms with van der Waals surface area (Å²) in [6, 6.07) is 4.00. The topological polar surface area (TPSA) is 93.7 Å². The highest BCUT2D eigenvalue weighted by molar-refractivity contribution is 7.89. The van der Waals surface area contributed by atoms with E-state index < -0.39 is 10.0 Å². The summed E-state index contributed by atoms with van der Waals surface area (Å²) in [5.74, 6) is 0.0878. The van der Waals surface area contributed by atoms with Gasteiger partial charge in [0.15, 0.2) is 0 Å². The Morgan fingerprint density at radius 2 is 2.17 bits per heavy atom. The highest BCUT2D eigenvalue weighted by atomic mass is 32.2. The van der Waals surface area contributed by atoms with E-state index >= 15 is 0 Å². The van der Waals surface area contributed by atoms with Crippen LogP contribution in [0.15, 0.2) is 23.1 Å². The zero-order valence-electron chi connectivity index (χ0n) is 13.5. The average molecular weight is 342 g/mol. The minimum atomic E-state index is -3.72. The second-order valence-corrected chi connectivity index (χ2v) is 7.22. The van der Waals surface area contributed by atoms with Crippen molar-refractivity contribution in [1.82, 2.24) is 4.72 Å². The highest BCUT2D eigenvalue weighted by Gasteiger charge is 2.27. The van der Waals surface area contributed by atoms with Gasteiger partial charge in [0.1, 0.15) is 5.75 Å². The maximum Gasteiger partial charge on any atom is 0.240 e. The van der Waals surface area contributed by atoms with Crippen LogP contribution in [0, 0.1) is 0 Å². The minimum Gasteiger partial charge on any atom is -0.495 e. The second kappa shape index (κ2) is 7.29. The zero-order valence-corrected chi connectivity index (χ0v) is 14.3. The molecule has 0 bridgehead atoms. The van der Waals surface area contributed by atoms with Crippen molar-refractivity contribution in [2.24, 2.45) is 0 Å². The molecule has 1 amide bonds. The van der Waals surface area contributed by atoms with Crippen molar-refractivity contribution in [2.45, 2.75) is 43.7 Å². The number of amides is 1. The van der Waals surface area contributed by atoms with Crippen molar-refractivity contribution in [3.05, 3.63) is 18.2 Å². The van der Waals surface area contributed by atoms with Crippen LogP contribution in [0.25, 0.3) is 0 Å². The molecule has 128 valence electrons. The summed E-state index contributed by atoms with van der Waals surface area (Å²) in [6.45, 7) is 3.79. The Bertz CT molecular complexity index is 668. The summed E-state index contributed by atoms with van der Waals surface area (Å²) in [7, 11) is -2.27. The van der Waals surface area contributed by atoms with Crippen LogP contribution in [-0.4, -0.2) is 40.2 Å². The summed E-state index contributed by atoms with van der Waals surface area (Å²) in [5, 5.41) is 2.56. The maximum atomic E-state index is 12.5. The molecule has 1 fully saturated rings. The minimum absolute atomic E-state index is 0.0619. The normalized spacial score (nSPS) is 19.3. The third-order valence-electron chi connectivity index (χ3n) is 3.66. The smallest absolute Gasteiger partial charge is 0.240 e. The van der Waals surface area contributed by atoms with E-state index in [-0.39, 0.29) is 22.9 Å². The standard InChI is InChI=1S/C15H22N2O5S/c1-10(14-5-4-8-22-14)17-23(19,20)12-6-7-15(21-3)13(9-12)16-11(2)18/h6-7,9-10,14,17H,4-5,8H2,1-3H3,(H,16,18). The van der Waals surface area contributed by atoms with E-state index in [0.717, 1.165) is 12.8 Å². The first-order valence-corrected chi connectivity index (χ1v) is 8.91. The summed E-state index contributed by atoms with van der Waals surface area (Å²) >= 11 is 0. The fourth-order valence-corrected chi connectivity index (χ4v) is 3.82. The van der Waals surface area contributed by atoms with Crippen molar-refractivity contribution in [3.63, 3.8) is 0 Å². The van der Waals surface area contributed by atoms with Crippen LogP contribution in [0.3, 0.4) is 0 Å². The van der Waals surface area contributed by atoms with Crippen LogP contribution >= 0.6 is 0 Å². The molecule has 0 spiro atoms. The molecule has 1 aromatic carbocycles. The van der Waals surface area contributed by atoms with Crippen LogP contribution in [0.5, 0.6) is 5.75 Å². The number of hydrogen-bond acceptors (Lipinski definition) is 5. The number of nitrogens with one attached hydrogen (secondary N) is 2. The molecular weight excluding hydrogens is 320 g/mol. The molecule has 0 aromatic heterocycles. The zero-order chi connectivity index (χ0) is 17.0. The summed E-state index contributed by atoms with van der Waals surface area (Å²) in [5.41, 5.74) is 0.313. The molecule has 2 N–H and O–H groups in total. The number of sulfonamides is 1. The molecule has 23 heavy (non-hydrogen) atoms. The van der Waals surface area contributed by atoms with Gasteiger partial charge in [-0.25, -0.2) is 13.1 Å². The number of rotatable bonds is 6. The third-order valence-corrected chi connectivity index (χ3v) is 5.21. The summed E-state index contributed by atoms with van der Waals surface area (Å²) in [6.07, 6.45) is 1.66. The van der Waals surface area contributed by atoms with E-state index in [4.69, 9.17) is 9.47 Å². The number of benzene rings is 1. The molecule has 0 saturated carbocycles. The molecule has 2 atom stereocenters. The molecule has 1 saturated heterocycles. The molecule has 1 aliphatic rings. The van der Waals surface area contributed by atoms with Crippen LogP contribution in [-0.2, 0) is 19.6 Å². The Labute approximate surface area is 136 Å². The van der Waals surface area contributed by atoms with E-state index in [1.807, 2.05) is 0 Å². The Kier molecular flexibility index (Phi) is 5.61. The lowest BCUT2D eigenvalue weighted by Crippen LogP contribution is -2.40. The van der Waals surface area contributed by atoms with E-state index in [2.05, 4.69) is 10.0 Å². The quantitative estimate of drug-likeness (QED) is 0.817. The Balaban J connectivity index is 2.22. The number of methoxy groups -OCH3 is 1. The summed E-state index contributed by atoms with van der Waals surface area (Å²) < 4.78 is 38.3. The maximum absolute atomic E-state index is 12.5. The molecule has 1 aliphatic heterocycles. The van der Waals surface area contributed by atoms with Gasteiger partial charge in [-0.15, -0.1) is 0 Å². The summed E-state index contributed by atoms with van der Waals surface area (Å²) in [4.78, 5) is 11.3. The van der Waals surface area contributed by atoms with Crippen LogP contribution in [0.2, 0.25) is 0 Å². The van der Waals surface area contributed by atoms with Gasteiger partial charge in [0.25, 0.3) is 0 Å². The number of carbonyl (C=O) groups excluding carboxylic acids is 1. The van der Waals surface area contributed by atoms with Gasteiger partial charge in [-0.05, 0) is 38.0 Å². The van der Waals surface area contributed by atoms with Gasteiger partial charge in [-0.3, -0.25) is 4.79 Å². The SMILES string of the molecule is COc1ccc(S(=O)(=O)NC(C)C2CCCO2)cc1NC(C)=O. The average Bonchev–Trinajstić information content (AvgIpc) is 3.00. The number of carbonyl (C=O) groups is 1. The first kappa shape index (κ1) is 17.7. The molecule has 2 rings (SSSR count). The van der Waals surface area contributed by atoms with Crippen LogP contribution in [0.4, 0.5) is 5.69 Å². The van der Waals surface area contributed by atoms with Crippen molar-refractivity contribution in [1.29, 1.82) is 0 Å². The number of anilines is 1. The van der Waals surface area contributed by atoms with E-state index in [1.54, 1.807) is 6.92 Å². The van der Waals surface area contributed by atoms with Crippen molar-refractivity contribution >= 4 is 21.6 Å². The largest absolute Gasteiger partial charge is 0.495 e. The third kappa shape index (κ3) is 4.43. The van der Waals surface area contributed by atoms with Crippen LogP contribution < -0.4 is 14.8 Å². The lowest BCUT2D eigenvalue weighted by atomic mass is 10.1.